The number of carbonyl (C=O) groups excluding carboxylic acids is 1. The van der Waals surface area contributed by atoms with Crippen LogP contribution in [0, 0.1) is 5.92 Å². The van der Waals surface area contributed by atoms with Crippen LogP contribution < -0.4 is 0 Å². The lowest BCUT2D eigenvalue weighted by atomic mass is 9.91. The first kappa shape index (κ1) is 18.9. The van der Waals surface area contributed by atoms with E-state index in [1.54, 1.807) is 0 Å². The first-order chi connectivity index (χ1) is 13.0. The van der Waals surface area contributed by atoms with Crippen LogP contribution in [0.25, 0.3) is 0 Å². The van der Waals surface area contributed by atoms with Crippen LogP contribution in [0.5, 0.6) is 0 Å². The maximum Gasteiger partial charge on any atom is 0.242 e. The van der Waals surface area contributed by atoms with Crippen molar-refractivity contribution in [2.45, 2.75) is 44.8 Å². The van der Waals surface area contributed by atoms with E-state index < -0.39 is 5.54 Å². The van der Waals surface area contributed by atoms with Gasteiger partial charge in [-0.2, -0.15) is 0 Å². The van der Waals surface area contributed by atoms with Crippen LogP contribution in [0.3, 0.4) is 0 Å². The van der Waals surface area contributed by atoms with Crippen LogP contribution in [0.15, 0.2) is 30.3 Å². The molecule has 0 saturated carbocycles. The predicted molar refractivity (Wildman–Crippen MR) is 106 cm³/mol. The maximum atomic E-state index is 13.6. The fraction of sp³-hybridized carbons (Fsp3) is 0.682. The Morgan fingerprint density at radius 3 is 2.56 bits per heavy atom. The molecule has 5 heteroatoms. The van der Waals surface area contributed by atoms with Crippen molar-refractivity contribution in [2.75, 3.05) is 45.9 Å². The van der Waals surface area contributed by atoms with Crippen LogP contribution in [0.2, 0.25) is 0 Å². The molecule has 1 aromatic carbocycles. The fourth-order valence-electron chi connectivity index (χ4n) is 5.01. The summed E-state index contributed by atoms with van der Waals surface area (Å²) in [6.45, 7) is 11.4. The topological polar surface area (TPSA) is 36.0 Å². The van der Waals surface area contributed by atoms with E-state index in [0.717, 1.165) is 58.9 Å². The Hall–Kier alpha value is -1.43. The molecule has 2 atom stereocenters. The minimum absolute atomic E-state index is 0.306. The molecule has 0 spiro atoms. The van der Waals surface area contributed by atoms with E-state index >= 15 is 0 Å². The number of benzene rings is 1. The summed E-state index contributed by atoms with van der Waals surface area (Å²) in [5, 5.41) is 0. The summed E-state index contributed by atoms with van der Waals surface area (Å²) in [6, 6.07) is 11.1. The summed E-state index contributed by atoms with van der Waals surface area (Å²) in [6.07, 6.45) is 2.39. The van der Waals surface area contributed by atoms with Crippen LogP contribution in [0.4, 0.5) is 0 Å². The maximum absolute atomic E-state index is 13.6. The number of ether oxygens (including phenoxy) is 1. The van der Waals surface area contributed by atoms with Gasteiger partial charge in [0.15, 0.2) is 0 Å². The van der Waals surface area contributed by atoms with Crippen molar-refractivity contribution >= 4 is 5.91 Å². The van der Waals surface area contributed by atoms with Crippen molar-refractivity contribution in [1.29, 1.82) is 0 Å². The van der Waals surface area contributed by atoms with Crippen LogP contribution in [0.1, 0.15) is 32.3 Å². The Balaban J connectivity index is 1.46. The molecular weight excluding hydrogens is 338 g/mol. The molecule has 5 nitrogen and oxygen atoms in total. The molecule has 4 aliphatic heterocycles. The first-order valence-corrected chi connectivity index (χ1v) is 10.4. The van der Waals surface area contributed by atoms with Crippen molar-refractivity contribution in [1.82, 2.24) is 14.7 Å². The van der Waals surface area contributed by atoms with Gasteiger partial charge >= 0.3 is 0 Å². The van der Waals surface area contributed by atoms with Crippen LogP contribution >= 0.6 is 0 Å². The molecule has 0 N–H and O–H groups in total. The average molecular weight is 372 g/mol. The molecule has 0 aromatic heterocycles. The molecule has 0 radical (unpaired) electrons. The number of morpholine rings is 1. The Labute approximate surface area is 163 Å². The van der Waals surface area contributed by atoms with Crippen LogP contribution in [-0.4, -0.2) is 78.1 Å². The Bertz CT molecular complexity index is 642. The molecule has 1 amide bonds. The lowest BCUT2D eigenvalue weighted by molar-refractivity contribution is -0.149. The van der Waals surface area contributed by atoms with Crippen molar-refractivity contribution in [3.05, 3.63) is 35.9 Å². The minimum atomic E-state index is -0.446. The normalized spacial score (nSPS) is 27.6. The van der Waals surface area contributed by atoms with Gasteiger partial charge in [0.2, 0.25) is 5.91 Å². The molecule has 4 saturated heterocycles. The fourth-order valence-corrected chi connectivity index (χ4v) is 5.01. The summed E-state index contributed by atoms with van der Waals surface area (Å²) in [7, 11) is 0. The van der Waals surface area contributed by atoms with Crippen molar-refractivity contribution < 1.29 is 9.53 Å². The molecular formula is C22H33N3O2. The SMILES string of the molecule is CC(C)(C(=O)N1C[C@H]2CC[C@@H]1CN(Cc1ccccc1)C2)N1CCOCC1. The Morgan fingerprint density at radius 1 is 1.07 bits per heavy atom. The number of piperidine rings is 1. The van der Waals surface area contributed by atoms with E-state index in [-0.39, 0.29) is 0 Å². The third-order valence-electron chi connectivity index (χ3n) is 6.62. The quantitative estimate of drug-likeness (QED) is 0.813. The summed E-state index contributed by atoms with van der Waals surface area (Å²) >= 11 is 0. The van der Waals surface area contributed by atoms with E-state index in [1.807, 2.05) is 0 Å². The Morgan fingerprint density at radius 2 is 1.81 bits per heavy atom. The minimum Gasteiger partial charge on any atom is -0.379 e. The summed E-state index contributed by atoms with van der Waals surface area (Å²) in [4.78, 5) is 20.6. The van der Waals surface area contributed by atoms with Crippen LogP contribution in [-0.2, 0) is 16.1 Å². The highest BCUT2D eigenvalue weighted by Crippen LogP contribution is 2.32. The number of amides is 1. The molecule has 5 rings (SSSR count). The van der Waals surface area contributed by atoms with Gasteiger partial charge in [-0.05, 0) is 38.2 Å². The summed E-state index contributed by atoms with van der Waals surface area (Å²) in [5.41, 5.74) is 0.920. The zero-order valence-corrected chi connectivity index (χ0v) is 16.8. The number of hydrogen-bond acceptors (Lipinski definition) is 4. The second-order valence-corrected chi connectivity index (χ2v) is 8.89. The number of nitrogens with zero attached hydrogens (tertiary/aromatic N) is 3. The number of hydrogen-bond donors (Lipinski definition) is 0. The molecule has 27 heavy (non-hydrogen) atoms. The Kier molecular flexibility index (Phi) is 5.53. The smallest absolute Gasteiger partial charge is 0.242 e. The molecule has 2 bridgehead atoms. The van der Waals surface area contributed by atoms with Gasteiger partial charge in [0.05, 0.1) is 18.8 Å². The van der Waals surface area contributed by atoms with Crippen molar-refractivity contribution in [2.24, 2.45) is 5.92 Å². The van der Waals surface area contributed by atoms with E-state index in [4.69, 9.17) is 4.74 Å². The zero-order chi connectivity index (χ0) is 18.9. The van der Waals surface area contributed by atoms with E-state index in [1.165, 1.54) is 12.0 Å². The second-order valence-electron chi connectivity index (χ2n) is 8.89. The van der Waals surface area contributed by atoms with Gasteiger partial charge in [-0.25, -0.2) is 0 Å². The largest absolute Gasteiger partial charge is 0.379 e. The zero-order valence-electron chi connectivity index (χ0n) is 16.8. The van der Waals surface area contributed by atoms with E-state index in [0.29, 0.717) is 17.9 Å². The predicted octanol–water partition coefficient (Wildman–Crippen LogP) is 2.22. The van der Waals surface area contributed by atoms with E-state index in [2.05, 4.69) is 58.9 Å². The molecule has 4 heterocycles. The highest BCUT2D eigenvalue weighted by atomic mass is 16.5. The highest BCUT2D eigenvalue weighted by molar-refractivity contribution is 5.86. The third-order valence-corrected chi connectivity index (χ3v) is 6.62. The van der Waals surface area contributed by atoms with Crippen molar-refractivity contribution in [3.8, 4) is 0 Å². The molecule has 0 aliphatic carbocycles. The molecule has 4 fully saturated rings. The molecule has 1 aromatic rings. The standard InChI is InChI=1S/C22H33N3O2/c1-22(2,24-10-12-27-13-11-24)21(26)25-16-19-8-9-20(25)17-23(15-19)14-18-6-4-3-5-7-18/h3-7,19-20H,8-17H2,1-2H3/t19-,20+/m0/s1. The van der Waals surface area contributed by atoms with Gasteiger partial charge in [0.1, 0.15) is 0 Å². The van der Waals surface area contributed by atoms with Crippen molar-refractivity contribution in [3.63, 3.8) is 0 Å². The van der Waals surface area contributed by atoms with Gasteiger partial charge in [-0.15, -0.1) is 0 Å². The first-order valence-electron chi connectivity index (χ1n) is 10.4. The lowest BCUT2D eigenvalue weighted by Crippen LogP contribution is -2.62. The summed E-state index contributed by atoms with van der Waals surface area (Å²) < 4.78 is 5.49. The van der Waals surface area contributed by atoms with Gasteiger partial charge in [0, 0.05) is 45.3 Å². The number of rotatable bonds is 4. The second kappa shape index (κ2) is 7.90. The number of fused-ring (bicyclic) bond motifs is 4. The third kappa shape index (κ3) is 4.05. The average Bonchev–Trinajstić information content (AvgIpc) is 2.99. The summed E-state index contributed by atoms with van der Waals surface area (Å²) in [5.74, 6) is 0.901. The van der Waals surface area contributed by atoms with Gasteiger partial charge in [0.25, 0.3) is 0 Å². The number of carbonyl (C=O) groups is 1. The molecule has 0 unspecified atom stereocenters. The van der Waals surface area contributed by atoms with Gasteiger partial charge in [-0.3, -0.25) is 14.6 Å². The van der Waals surface area contributed by atoms with E-state index in [9.17, 15) is 4.79 Å². The highest BCUT2D eigenvalue weighted by Gasteiger charge is 2.44. The monoisotopic (exact) mass is 371 g/mol. The lowest BCUT2D eigenvalue weighted by Gasteiger charge is -2.45. The van der Waals surface area contributed by atoms with Gasteiger partial charge in [-0.1, -0.05) is 30.3 Å². The molecule has 148 valence electrons. The van der Waals surface area contributed by atoms with Gasteiger partial charge < -0.3 is 9.64 Å². The molecule has 4 aliphatic rings.